The van der Waals surface area contributed by atoms with Crippen LogP contribution in [0.4, 0.5) is 4.39 Å². The van der Waals surface area contributed by atoms with Crippen LogP contribution < -0.4 is 0 Å². The molecule has 0 unspecified atom stereocenters. The molecule has 0 N–H and O–H groups in total. The predicted octanol–water partition coefficient (Wildman–Crippen LogP) is 2.15. The molecule has 0 aromatic carbocycles. The largest absolute Gasteiger partial charge is 0.378 e. The molecule has 3 rings (SSSR count). The molecule has 24 heavy (non-hydrogen) atoms. The lowest BCUT2D eigenvalue weighted by atomic mass is 9.86. The van der Waals surface area contributed by atoms with Crippen LogP contribution in [0.1, 0.15) is 51.4 Å². The molecule has 2 aliphatic heterocycles. The Morgan fingerprint density at radius 2 is 1.58 bits per heavy atom. The summed E-state index contributed by atoms with van der Waals surface area (Å²) in [4.78, 5) is 28.2. The van der Waals surface area contributed by atoms with Gasteiger partial charge >= 0.3 is 0 Å². The molecule has 0 bridgehead atoms. The minimum atomic E-state index is -1.81. The Kier molecular flexibility index (Phi) is 5.74. The van der Waals surface area contributed by atoms with Crippen molar-refractivity contribution in [2.24, 2.45) is 5.92 Å². The van der Waals surface area contributed by atoms with Crippen molar-refractivity contribution < 1.29 is 18.7 Å². The number of hydrogen-bond donors (Lipinski definition) is 0. The second-order valence-corrected chi connectivity index (χ2v) is 7.46. The van der Waals surface area contributed by atoms with E-state index in [9.17, 15) is 9.59 Å². The predicted molar refractivity (Wildman–Crippen MR) is 88.2 cm³/mol. The van der Waals surface area contributed by atoms with E-state index < -0.39 is 11.6 Å². The number of carbonyl (C=O) groups excluding carboxylic acids is 2. The maximum atomic E-state index is 15.1. The Hall–Kier alpha value is -1.17. The number of ether oxygens (including phenoxy) is 1. The fraction of sp³-hybridized carbons (Fsp3) is 0.889. The van der Waals surface area contributed by atoms with Gasteiger partial charge in [-0.3, -0.25) is 9.59 Å². The van der Waals surface area contributed by atoms with Gasteiger partial charge in [-0.15, -0.1) is 0 Å². The molecular weight excluding hydrogens is 311 g/mol. The number of alkyl halides is 1. The van der Waals surface area contributed by atoms with Gasteiger partial charge in [-0.25, -0.2) is 4.39 Å². The number of piperidine rings is 1. The first-order chi connectivity index (χ1) is 11.6. The molecule has 0 radical (unpaired) electrons. The Balaban J connectivity index is 1.48. The smallest absolute Gasteiger partial charge is 0.260 e. The molecule has 2 amide bonds. The van der Waals surface area contributed by atoms with Gasteiger partial charge in [0.15, 0.2) is 5.67 Å². The second-order valence-electron chi connectivity index (χ2n) is 7.46. The van der Waals surface area contributed by atoms with Crippen LogP contribution >= 0.6 is 0 Å². The molecule has 5 nitrogen and oxygen atoms in total. The van der Waals surface area contributed by atoms with Crippen LogP contribution in [0.3, 0.4) is 0 Å². The zero-order valence-electron chi connectivity index (χ0n) is 14.5. The first kappa shape index (κ1) is 17.6. The van der Waals surface area contributed by atoms with Crippen LogP contribution in [0.15, 0.2) is 0 Å². The van der Waals surface area contributed by atoms with Crippen molar-refractivity contribution in [3.8, 4) is 0 Å². The Bertz CT molecular complexity index is 451. The van der Waals surface area contributed by atoms with Gasteiger partial charge in [-0.2, -0.15) is 0 Å². The fourth-order valence-electron chi connectivity index (χ4n) is 4.14. The molecular formula is C18H29FN2O3. The number of rotatable bonds is 3. The molecule has 6 heteroatoms. The molecule has 136 valence electrons. The van der Waals surface area contributed by atoms with Gasteiger partial charge in [0.2, 0.25) is 5.91 Å². The van der Waals surface area contributed by atoms with Crippen molar-refractivity contribution >= 4 is 11.8 Å². The summed E-state index contributed by atoms with van der Waals surface area (Å²) in [7, 11) is 0. The lowest BCUT2D eigenvalue weighted by molar-refractivity contribution is -0.154. The summed E-state index contributed by atoms with van der Waals surface area (Å²) in [5.41, 5.74) is -1.81. The summed E-state index contributed by atoms with van der Waals surface area (Å²) in [5.74, 6) is 0.228. The van der Waals surface area contributed by atoms with Crippen LogP contribution in [0.5, 0.6) is 0 Å². The highest BCUT2D eigenvalue weighted by molar-refractivity contribution is 5.86. The van der Waals surface area contributed by atoms with Crippen LogP contribution in [-0.4, -0.2) is 66.7 Å². The Labute approximate surface area is 143 Å². The number of amides is 2. The van der Waals surface area contributed by atoms with Gasteiger partial charge in [-0.05, 0) is 18.8 Å². The number of carbonyl (C=O) groups is 2. The SMILES string of the molecule is O=C(CC1CCCCC1)N1CCC(F)(C(=O)N2CCOCC2)CC1. The van der Waals surface area contributed by atoms with E-state index in [2.05, 4.69) is 0 Å². The van der Waals surface area contributed by atoms with Crippen molar-refractivity contribution in [3.05, 3.63) is 0 Å². The van der Waals surface area contributed by atoms with Crippen LogP contribution in [0, 0.1) is 5.92 Å². The van der Waals surface area contributed by atoms with Crippen molar-refractivity contribution in [2.75, 3.05) is 39.4 Å². The van der Waals surface area contributed by atoms with Crippen molar-refractivity contribution in [1.29, 1.82) is 0 Å². The Morgan fingerprint density at radius 1 is 0.958 bits per heavy atom. The van der Waals surface area contributed by atoms with E-state index in [1.807, 2.05) is 0 Å². The zero-order valence-corrected chi connectivity index (χ0v) is 14.5. The van der Waals surface area contributed by atoms with Gasteiger partial charge in [0.05, 0.1) is 13.2 Å². The van der Waals surface area contributed by atoms with Crippen molar-refractivity contribution in [2.45, 2.75) is 57.0 Å². The molecule has 1 saturated carbocycles. The second kappa shape index (κ2) is 7.81. The van der Waals surface area contributed by atoms with Gasteiger partial charge in [0, 0.05) is 45.4 Å². The quantitative estimate of drug-likeness (QED) is 0.791. The number of nitrogens with zero attached hydrogens (tertiary/aromatic N) is 2. The molecule has 0 spiro atoms. The Morgan fingerprint density at radius 3 is 2.21 bits per heavy atom. The highest BCUT2D eigenvalue weighted by Crippen LogP contribution is 2.31. The van der Waals surface area contributed by atoms with Gasteiger partial charge in [-0.1, -0.05) is 19.3 Å². The molecule has 2 heterocycles. The highest BCUT2D eigenvalue weighted by Gasteiger charge is 2.45. The lowest BCUT2D eigenvalue weighted by Crippen LogP contribution is -2.55. The zero-order chi connectivity index (χ0) is 17.0. The monoisotopic (exact) mass is 340 g/mol. The molecule has 0 atom stereocenters. The van der Waals surface area contributed by atoms with E-state index in [-0.39, 0.29) is 18.7 Å². The molecule has 0 aromatic rings. The summed E-state index contributed by atoms with van der Waals surface area (Å²) in [6, 6.07) is 0. The van der Waals surface area contributed by atoms with Gasteiger partial charge in [0.1, 0.15) is 0 Å². The molecule has 2 saturated heterocycles. The average molecular weight is 340 g/mol. The van der Waals surface area contributed by atoms with Crippen molar-refractivity contribution in [1.82, 2.24) is 9.80 Å². The highest BCUT2D eigenvalue weighted by atomic mass is 19.1. The van der Waals surface area contributed by atoms with E-state index in [0.717, 1.165) is 12.8 Å². The molecule has 0 aromatic heterocycles. The third-order valence-corrected chi connectivity index (χ3v) is 5.78. The summed E-state index contributed by atoms with van der Waals surface area (Å²) >= 11 is 0. The maximum absolute atomic E-state index is 15.1. The first-order valence-corrected chi connectivity index (χ1v) is 9.42. The number of hydrogen-bond acceptors (Lipinski definition) is 3. The number of likely N-dealkylation sites (tertiary alicyclic amines) is 1. The van der Waals surface area contributed by atoms with Crippen LogP contribution in [0.2, 0.25) is 0 Å². The topological polar surface area (TPSA) is 49.9 Å². The number of halogens is 1. The van der Waals surface area contributed by atoms with E-state index in [4.69, 9.17) is 4.74 Å². The summed E-state index contributed by atoms with van der Waals surface area (Å²) in [5, 5.41) is 0. The van der Waals surface area contributed by atoms with Crippen LogP contribution in [-0.2, 0) is 14.3 Å². The normalized spacial score (nSPS) is 25.5. The summed E-state index contributed by atoms with van der Waals surface area (Å²) < 4.78 is 20.3. The molecule has 3 aliphatic rings. The number of morpholine rings is 1. The molecule has 3 fully saturated rings. The average Bonchev–Trinajstić information content (AvgIpc) is 2.63. The van der Waals surface area contributed by atoms with Gasteiger partial charge in [0.25, 0.3) is 5.91 Å². The summed E-state index contributed by atoms with van der Waals surface area (Å²) in [6.45, 7) is 2.61. The van der Waals surface area contributed by atoms with E-state index in [1.165, 1.54) is 19.3 Å². The van der Waals surface area contributed by atoms with E-state index in [0.29, 0.717) is 51.7 Å². The van der Waals surface area contributed by atoms with Crippen LogP contribution in [0.25, 0.3) is 0 Å². The van der Waals surface area contributed by atoms with Crippen molar-refractivity contribution in [3.63, 3.8) is 0 Å². The maximum Gasteiger partial charge on any atom is 0.260 e. The fourth-order valence-corrected chi connectivity index (χ4v) is 4.14. The standard InChI is InChI=1S/C18H29FN2O3/c19-18(17(23)21-10-12-24-13-11-21)6-8-20(9-7-18)16(22)14-15-4-2-1-3-5-15/h15H,1-14H2. The lowest BCUT2D eigenvalue weighted by Gasteiger charge is -2.39. The minimum Gasteiger partial charge on any atom is -0.378 e. The van der Waals surface area contributed by atoms with E-state index >= 15 is 4.39 Å². The third kappa shape index (κ3) is 4.08. The van der Waals surface area contributed by atoms with Gasteiger partial charge < -0.3 is 14.5 Å². The third-order valence-electron chi connectivity index (χ3n) is 5.78. The first-order valence-electron chi connectivity index (χ1n) is 9.42. The molecule has 1 aliphatic carbocycles. The summed E-state index contributed by atoms with van der Waals surface area (Å²) in [6.07, 6.45) is 6.85. The minimum absolute atomic E-state index is 0.125. The van der Waals surface area contributed by atoms with E-state index in [1.54, 1.807) is 9.80 Å².